The summed E-state index contributed by atoms with van der Waals surface area (Å²) in [5.74, 6) is 0.0878. The van der Waals surface area contributed by atoms with Gasteiger partial charge < -0.3 is 19.3 Å². The van der Waals surface area contributed by atoms with Gasteiger partial charge in [0.25, 0.3) is 5.91 Å². The van der Waals surface area contributed by atoms with Crippen molar-refractivity contribution in [3.63, 3.8) is 0 Å². The van der Waals surface area contributed by atoms with Gasteiger partial charge in [0.15, 0.2) is 0 Å². The number of nitrogens with zero attached hydrogens (tertiary/aromatic N) is 2. The van der Waals surface area contributed by atoms with Crippen molar-refractivity contribution < 1.29 is 14.3 Å². The number of amides is 1. The summed E-state index contributed by atoms with van der Waals surface area (Å²) in [6.45, 7) is 2.93. The van der Waals surface area contributed by atoms with E-state index in [0.717, 1.165) is 31.6 Å². The van der Waals surface area contributed by atoms with Crippen LogP contribution in [0.5, 0.6) is 0 Å². The highest BCUT2D eigenvalue weighted by molar-refractivity contribution is 5.94. The Hall–Kier alpha value is -1.43. The van der Waals surface area contributed by atoms with E-state index in [9.17, 15) is 4.79 Å². The van der Waals surface area contributed by atoms with Crippen LogP contribution in [-0.2, 0) is 9.47 Å². The minimum absolute atomic E-state index is 0.0126. The molecule has 3 atom stereocenters. The highest BCUT2D eigenvalue weighted by Crippen LogP contribution is 2.31. The van der Waals surface area contributed by atoms with E-state index in [-0.39, 0.29) is 24.2 Å². The van der Waals surface area contributed by atoms with Crippen molar-refractivity contribution in [2.45, 2.75) is 31.1 Å². The number of benzene rings is 1. The molecule has 3 rings (SSSR count). The van der Waals surface area contributed by atoms with Crippen molar-refractivity contribution >= 4 is 5.91 Å². The molecule has 5 heteroatoms. The van der Waals surface area contributed by atoms with E-state index in [1.54, 1.807) is 0 Å². The van der Waals surface area contributed by atoms with Crippen LogP contribution in [-0.4, -0.2) is 74.4 Å². The van der Waals surface area contributed by atoms with Crippen molar-refractivity contribution in [3.05, 3.63) is 35.9 Å². The Labute approximate surface area is 138 Å². The summed E-state index contributed by atoms with van der Waals surface area (Å²) < 4.78 is 12.0. The van der Waals surface area contributed by atoms with Crippen molar-refractivity contribution in [2.75, 3.05) is 40.4 Å². The summed E-state index contributed by atoms with van der Waals surface area (Å²) in [5, 5.41) is 0. The van der Waals surface area contributed by atoms with Crippen LogP contribution in [0.2, 0.25) is 0 Å². The van der Waals surface area contributed by atoms with Crippen molar-refractivity contribution in [2.24, 2.45) is 0 Å². The highest BCUT2D eigenvalue weighted by Gasteiger charge is 2.46. The summed E-state index contributed by atoms with van der Waals surface area (Å²) in [6, 6.07) is 9.64. The lowest BCUT2D eigenvalue weighted by atomic mass is 10.0. The number of carbonyl (C=O) groups is 1. The molecule has 2 saturated heterocycles. The maximum atomic E-state index is 12.8. The maximum Gasteiger partial charge on any atom is 0.254 e. The van der Waals surface area contributed by atoms with E-state index in [2.05, 4.69) is 4.90 Å². The molecule has 0 bridgehead atoms. The van der Waals surface area contributed by atoms with Gasteiger partial charge in [-0.25, -0.2) is 0 Å². The zero-order valence-corrected chi connectivity index (χ0v) is 14.0. The second-order valence-electron chi connectivity index (χ2n) is 6.58. The lowest BCUT2D eigenvalue weighted by Gasteiger charge is -2.32. The predicted octanol–water partition coefficient (Wildman–Crippen LogP) is 1.64. The second-order valence-corrected chi connectivity index (χ2v) is 6.58. The molecule has 1 aromatic rings. The lowest BCUT2D eigenvalue weighted by molar-refractivity contribution is -0.0776. The summed E-state index contributed by atoms with van der Waals surface area (Å²) in [6.07, 6.45) is 1.99. The van der Waals surface area contributed by atoms with E-state index in [4.69, 9.17) is 9.47 Å². The Balaban J connectivity index is 1.69. The number of hydrogen-bond acceptors (Lipinski definition) is 4. The van der Waals surface area contributed by atoms with Crippen molar-refractivity contribution in [1.29, 1.82) is 0 Å². The van der Waals surface area contributed by atoms with Crippen LogP contribution < -0.4 is 0 Å². The van der Waals surface area contributed by atoms with Gasteiger partial charge in [-0.05, 0) is 39.1 Å². The Kier molecular flexibility index (Phi) is 5.30. The van der Waals surface area contributed by atoms with Gasteiger partial charge in [-0.3, -0.25) is 4.79 Å². The number of ether oxygens (including phenoxy) is 2. The summed E-state index contributed by atoms with van der Waals surface area (Å²) >= 11 is 0. The van der Waals surface area contributed by atoms with Gasteiger partial charge in [0, 0.05) is 18.7 Å². The van der Waals surface area contributed by atoms with Crippen molar-refractivity contribution in [1.82, 2.24) is 9.80 Å². The van der Waals surface area contributed by atoms with Crippen LogP contribution in [0, 0.1) is 0 Å². The SMILES string of the molecule is CN(C)CCO[C@H]1CN(C(=O)c2ccccc2)[C@@H]2CCCO[C@H]12. The number of hydrogen-bond donors (Lipinski definition) is 0. The van der Waals surface area contributed by atoms with Gasteiger partial charge >= 0.3 is 0 Å². The third kappa shape index (κ3) is 3.74. The molecule has 0 saturated carbocycles. The predicted molar refractivity (Wildman–Crippen MR) is 88.5 cm³/mol. The molecule has 0 spiro atoms. The number of carbonyl (C=O) groups excluding carboxylic acids is 1. The average Bonchev–Trinajstić information content (AvgIpc) is 2.94. The Morgan fingerprint density at radius 1 is 1.35 bits per heavy atom. The molecule has 126 valence electrons. The highest BCUT2D eigenvalue weighted by atomic mass is 16.5. The zero-order chi connectivity index (χ0) is 16.2. The zero-order valence-electron chi connectivity index (χ0n) is 14.0. The van der Waals surface area contributed by atoms with Crippen LogP contribution in [0.1, 0.15) is 23.2 Å². The van der Waals surface area contributed by atoms with Gasteiger partial charge in [-0.1, -0.05) is 18.2 Å². The van der Waals surface area contributed by atoms with Gasteiger partial charge in [0.1, 0.15) is 12.2 Å². The molecule has 2 aliphatic heterocycles. The Bertz CT molecular complexity index is 520. The van der Waals surface area contributed by atoms with E-state index in [0.29, 0.717) is 13.2 Å². The topological polar surface area (TPSA) is 42.0 Å². The minimum atomic E-state index is -0.0205. The van der Waals surface area contributed by atoms with E-state index < -0.39 is 0 Å². The minimum Gasteiger partial charge on any atom is -0.373 e. The molecule has 0 aliphatic carbocycles. The van der Waals surface area contributed by atoms with Gasteiger partial charge in [-0.2, -0.15) is 0 Å². The third-order valence-electron chi connectivity index (χ3n) is 4.63. The summed E-state index contributed by atoms with van der Waals surface area (Å²) in [7, 11) is 4.06. The first-order valence-electron chi connectivity index (χ1n) is 8.41. The molecule has 2 aliphatic rings. The first-order valence-corrected chi connectivity index (χ1v) is 8.41. The van der Waals surface area contributed by atoms with E-state index >= 15 is 0 Å². The normalized spacial score (nSPS) is 27.3. The number of rotatable bonds is 5. The molecule has 1 amide bonds. The van der Waals surface area contributed by atoms with Crippen LogP contribution in [0.3, 0.4) is 0 Å². The smallest absolute Gasteiger partial charge is 0.254 e. The van der Waals surface area contributed by atoms with Crippen LogP contribution >= 0.6 is 0 Å². The molecule has 0 aromatic heterocycles. The summed E-state index contributed by atoms with van der Waals surface area (Å²) in [4.78, 5) is 16.9. The lowest BCUT2D eigenvalue weighted by Crippen LogP contribution is -2.44. The molecule has 0 N–H and O–H groups in total. The standard InChI is InChI=1S/C18H26N2O3/c1-19(2)10-12-22-16-13-20(15-9-6-11-23-17(15)16)18(21)14-7-4-3-5-8-14/h3-5,7-8,15-17H,6,9-13H2,1-2H3/t15-,16+,17+/m1/s1. The fourth-order valence-corrected chi connectivity index (χ4v) is 3.42. The molecular formula is C18H26N2O3. The van der Waals surface area contributed by atoms with Crippen LogP contribution in [0.15, 0.2) is 30.3 Å². The third-order valence-corrected chi connectivity index (χ3v) is 4.63. The average molecular weight is 318 g/mol. The van der Waals surface area contributed by atoms with E-state index in [1.165, 1.54) is 0 Å². The second kappa shape index (κ2) is 7.43. The van der Waals surface area contributed by atoms with Gasteiger partial charge in [0.05, 0.1) is 19.2 Å². The molecule has 5 nitrogen and oxygen atoms in total. The Morgan fingerprint density at radius 3 is 2.87 bits per heavy atom. The quantitative estimate of drug-likeness (QED) is 0.828. The van der Waals surface area contributed by atoms with Gasteiger partial charge in [-0.15, -0.1) is 0 Å². The fraction of sp³-hybridized carbons (Fsp3) is 0.611. The molecule has 2 fully saturated rings. The Morgan fingerprint density at radius 2 is 2.13 bits per heavy atom. The van der Waals surface area contributed by atoms with E-state index in [1.807, 2.05) is 49.3 Å². The van der Waals surface area contributed by atoms with Gasteiger partial charge in [0.2, 0.25) is 0 Å². The fourth-order valence-electron chi connectivity index (χ4n) is 3.42. The monoisotopic (exact) mass is 318 g/mol. The number of fused-ring (bicyclic) bond motifs is 1. The molecule has 0 unspecified atom stereocenters. The number of likely N-dealkylation sites (N-methyl/N-ethyl adjacent to an activating group) is 1. The molecular weight excluding hydrogens is 292 g/mol. The van der Waals surface area contributed by atoms with Crippen molar-refractivity contribution in [3.8, 4) is 0 Å². The molecule has 23 heavy (non-hydrogen) atoms. The maximum absolute atomic E-state index is 12.8. The molecule has 2 heterocycles. The molecule has 0 radical (unpaired) electrons. The van der Waals surface area contributed by atoms with Crippen LogP contribution in [0.4, 0.5) is 0 Å². The number of likely N-dealkylation sites (tertiary alicyclic amines) is 1. The first kappa shape index (κ1) is 16.4. The largest absolute Gasteiger partial charge is 0.373 e. The molecule has 1 aromatic carbocycles. The first-order chi connectivity index (χ1) is 11.2. The van der Waals surface area contributed by atoms with Crippen LogP contribution in [0.25, 0.3) is 0 Å². The summed E-state index contributed by atoms with van der Waals surface area (Å²) in [5.41, 5.74) is 0.741.